The van der Waals surface area contributed by atoms with Gasteiger partial charge in [-0.3, -0.25) is 19.7 Å². The van der Waals surface area contributed by atoms with Crippen molar-refractivity contribution in [3.63, 3.8) is 0 Å². The smallest absolute Gasteiger partial charge is 0.272 e. The molecule has 10 heteroatoms. The normalized spacial score (nSPS) is 13.8. The van der Waals surface area contributed by atoms with Gasteiger partial charge in [-0.25, -0.2) is 8.78 Å². The average molecular weight is 419 g/mol. The van der Waals surface area contributed by atoms with E-state index in [0.717, 1.165) is 18.2 Å². The van der Waals surface area contributed by atoms with Gasteiger partial charge in [0.25, 0.3) is 11.6 Å². The highest BCUT2D eigenvalue weighted by atomic mass is 19.1. The maximum Gasteiger partial charge on any atom is 0.272 e. The fourth-order valence-electron chi connectivity index (χ4n) is 3.13. The van der Waals surface area contributed by atoms with E-state index < -0.39 is 28.9 Å². The van der Waals surface area contributed by atoms with Crippen LogP contribution in [0.15, 0.2) is 36.4 Å². The summed E-state index contributed by atoms with van der Waals surface area (Å²) >= 11 is 0. The highest BCUT2D eigenvalue weighted by Gasteiger charge is 2.24. The number of nitro groups is 1. The Morgan fingerprint density at radius 2 is 1.77 bits per heavy atom. The van der Waals surface area contributed by atoms with E-state index in [1.165, 1.54) is 17.9 Å². The molecule has 1 fully saturated rings. The zero-order valence-electron chi connectivity index (χ0n) is 16.1. The van der Waals surface area contributed by atoms with Crippen LogP contribution in [0.3, 0.4) is 0 Å². The van der Waals surface area contributed by atoms with E-state index in [2.05, 4.69) is 0 Å². The standard InChI is InChI=1S/C20H19F2N3O5/c1-13(26)14-2-4-18(16(21)10-14)23-6-8-24(9-7-23)20(27)12-30-19-5-3-15(25(28)29)11-17(19)22/h2-5,10-11H,6-9,12H2,1H3. The first-order chi connectivity index (χ1) is 14.3. The summed E-state index contributed by atoms with van der Waals surface area (Å²) in [7, 11) is 0. The molecule has 158 valence electrons. The molecule has 0 atom stereocenters. The average Bonchev–Trinajstić information content (AvgIpc) is 2.72. The third kappa shape index (κ3) is 4.70. The lowest BCUT2D eigenvalue weighted by atomic mass is 10.1. The highest BCUT2D eigenvalue weighted by molar-refractivity contribution is 5.94. The van der Waals surface area contributed by atoms with Crippen molar-refractivity contribution in [3.05, 3.63) is 63.7 Å². The molecule has 2 aromatic rings. The molecule has 1 amide bonds. The fourth-order valence-corrected chi connectivity index (χ4v) is 3.13. The summed E-state index contributed by atoms with van der Waals surface area (Å²) in [5, 5.41) is 10.6. The molecule has 3 rings (SSSR count). The molecule has 1 heterocycles. The number of amides is 1. The van der Waals surface area contributed by atoms with Crippen LogP contribution in [-0.4, -0.2) is 54.3 Å². The quantitative estimate of drug-likeness (QED) is 0.406. The number of ketones is 1. The molecule has 1 saturated heterocycles. The molecule has 0 bridgehead atoms. The summed E-state index contributed by atoms with van der Waals surface area (Å²) in [6.07, 6.45) is 0. The van der Waals surface area contributed by atoms with E-state index in [1.807, 2.05) is 0 Å². The van der Waals surface area contributed by atoms with Crippen LogP contribution in [0.1, 0.15) is 17.3 Å². The second kappa shape index (κ2) is 8.85. The Kier molecular flexibility index (Phi) is 6.24. The van der Waals surface area contributed by atoms with E-state index in [9.17, 15) is 28.5 Å². The van der Waals surface area contributed by atoms with Gasteiger partial charge in [0.05, 0.1) is 16.7 Å². The third-order valence-corrected chi connectivity index (χ3v) is 4.80. The number of piperazine rings is 1. The van der Waals surface area contributed by atoms with Gasteiger partial charge in [-0.2, -0.15) is 0 Å². The van der Waals surface area contributed by atoms with Crippen molar-refractivity contribution in [3.8, 4) is 5.75 Å². The van der Waals surface area contributed by atoms with Gasteiger partial charge in [-0.15, -0.1) is 0 Å². The van der Waals surface area contributed by atoms with Crippen LogP contribution in [-0.2, 0) is 4.79 Å². The first kappa shape index (κ1) is 21.2. The summed E-state index contributed by atoms with van der Waals surface area (Å²) < 4.78 is 33.3. The highest BCUT2D eigenvalue weighted by Crippen LogP contribution is 2.24. The molecule has 0 aliphatic carbocycles. The Balaban J connectivity index is 1.54. The van der Waals surface area contributed by atoms with Crippen LogP contribution in [0.2, 0.25) is 0 Å². The molecule has 1 aliphatic heterocycles. The number of anilines is 1. The molecule has 8 nitrogen and oxygen atoms in total. The van der Waals surface area contributed by atoms with Gasteiger partial charge in [0.1, 0.15) is 5.82 Å². The van der Waals surface area contributed by atoms with Crippen LogP contribution < -0.4 is 9.64 Å². The lowest BCUT2D eigenvalue weighted by Gasteiger charge is -2.36. The van der Waals surface area contributed by atoms with Gasteiger partial charge in [0, 0.05) is 37.8 Å². The summed E-state index contributed by atoms with van der Waals surface area (Å²) in [4.78, 5) is 36.9. The number of benzene rings is 2. The van der Waals surface area contributed by atoms with Crippen molar-refractivity contribution in [2.75, 3.05) is 37.7 Å². The number of rotatable bonds is 6. The molecular formula is C20H19F2N3O5. The zero-order valence-corrected chi connectivity index (χ0v) is 16.1. The zero-order chi connectivity index (χ0) is 21.8. The van der Waals surface area contributed by atoms with Gasteiger partial charge in [-0.05, 0) is 31.2 Å². The number of ether oxygens (including phenoxy) is 1. The van der Waals surface area contributed by atoms with Crippen LogP contribution in [0.25, 0.3) is 0 Å². The molecule has 2 aromatic carbocycles. The third-order valence-electron chi connectivity index (χ3n) is 4.80. The summed E-state index contributed by atoms with van der Waals surface area (Å²) in [5.74, 6) is -2.27. The van der Waals surface area contributed by atoms with Crippen molar-refractivity contribution >= 4 is 23.1 Å². The second-order valence-corrected chi connectivity index (χ2v) is 6.75. The van der Waals surface area contributed by atoms with Crippen molar-refractivity contribution in [2.24, 2.45) is 0 Å². The van der Waals surface area contributed by atoms with Crippen LogP contribution in [0.5, 0.6) is 5.75 Å². The minimum Gasteiger partial charge on any atom is -0.481 e. The summed E-state index contributed by atoms with van der Waals surface area (Å²) in [6.45, 7) is 2.35. The lowest BCUT2D eigenvalue weighted by Crippen LogP contribution is -2.50. The fraction of sp³-hybridized carbons (Fsp3) is 0.300. The largest absolute Gasteiger partial charge is 0.481 e. The molecule has 0 N–H and O–H groups in total. The molecule has 0 spiro atoms. The Morgan fingerprint density at radius 1 is 1.07 bits per heavy atom. The van der Waals surface area contributed by atoms with Crippen LogP contribution >= 0.6 is 0 Å². The van der Waals surface area contributed by atoms with Gasteiger partial charge in [0.2, 0.25) is 0 Å². The summed E-state index contributed by atoms with van der Waals surface area (Å²) in [5.41, 5.74) is 0.239. The lowest BCUT2D eigenvalue weighted by molar-refractivity contribution is -0.385. The minimum atomic E-state index is -0.925. The second-order valence-electron chi connectivity index (χ2n) is 6.75. The van der Waals surface area contributed by atoms with Crippen molar-refractivity contribution in [1.29, 1.82) is 0 Å². The first-order valence-electron chi connectivity index (χ1n) is 9.16. The van der Waals surface area contributed by atoms with Crippen molar-refractivity contribution in [1.82, 2.24) is 4.90 Å². The Bertz CT molecular complexity index is 990. The number of halogens is 2. The SMILES string of the molecule is CC(=O)c1ccc(N2CCN(C(=O)COc3ccc([N+](=O)[O-])cc3F)CC2)c(F)c1. The molecule has 0 unspecified atom stereocenters. The number of carbonyl (C=O) groups excluding carboxylic acids is 2. The first-order valence-corrected chi connectivity index (χ1v) is 9.16. The van der Waals surface area contributed by atoms with E-state index in [0.29, 0.717) is 37.4 Å². The van der Waals surface area contributed by atoms with Gasteiger partial charge >= 0.3 is 0 Å². The number of Topliss-reactive ketones (excluding diaryl/α,β-unsaturated/α-hetero) is 1. The molecule has 0 aromatic heterocycles. The van der Waals surface area contributed by atoms with Gasteiger partial charge in [-0.1, -0.05) is 0 Å². The Labute approximate surface area is 170 Å². The van der Waals surface area contributed by atoms with E-state index in [1.54, 1.807) is 17.0 Å². The molecule has 30 heavy (non-hydrogen) atoms. The van der Waals surface area contributed by atoms with Gasteiger partial charge < -0.3 is 14.5 Å². The molecular weight excluding hydrogens is 400 g/mol. The molecule has 0 saturated carbocycles. The minimum absolute atomic E-state index is 0.222. The maximum atomic E-state index is 14.3. The topological polar surface area (TPSA) is 93.0 Å². The number of nitrogens with zero attached hydrogens (tertiary/aromatic N) is 3. The molecule has 0 radical (unpaired) electrons. The number of hydrogen-bond donors (Lipinski definition) is 0. The van der Waals surface area contributed by atoms with E-state index in [-0.39, 0.29) is 17.4 Å². The van der Waals surface area contributed by atoms with Crippen LogP contribution in [0.4, 0.5) is 20.2 Å². The predicted octanol–water partition coefficient (Wildman–Crippen LogP) is 2.80. The van der Waals surface area contributed by atoms with Crippen molar-refractivity contribution in [2.45, 2.75) is 6.92 Å². The van der Waals surface area contributed by atoms with Crippen LogP contribution in [0, 0.1) is 21.7 Å². The summed E-state index contributed by atoms with van der Waals surface area (Å²) in [6, 6.07) is 7.22. The number of non-ortho nitro benzene ring substituents is 1. The van der Waals surface area contributed by atoms with E-state index >= 15 is 0 Å². The Morgan fingerprint density at radius 3 is 2.33 bits per heavy atom. The number of carbonyl (C=O) groups is 2. The molecule has 1 aliphatic rings. The van der Waals surface area contributed by atoms with E-state index in [4.69, 9.17) is 4.74 Å². The Hall–Kier alpha value is -3.56. The van der Waals surface area contributed by atoms with Gasteiger partial charge in [0.15, 0.2) is 24.0 Å². The maximum absolute atomic E-state index is 14.3. The number of hydrogen-bond acceptors (Lipinski definition) is 6. The predicted molar refractivity (Wildman–Crippen MR) is 104 cm³/mol. The number of nitro benzene ring substituents is 1. The monoisotopic (exact) mass is 419 g/mol. The van der Waals surface area contributed by atoms with Crippen molar-refractivity contribution < 1.29 is 28.0 Å².